The van der Waals surface area contributed by atoms with Crippen LogP contribution in [0.5, 0.6) is 0 Å². The summed E-state index contributed by atoms with van der Waals surface area (Å²) in [4.78, 5) is 9.38. The van der Waals surface area contributed by atoms with Gasteiger partial charge in [0.2, 0.25) is 0 Å². The van der Waals surface area contributed by atoms with Crippen LogP contribution in [0.2, 0.25) is 5.02 Å². The maximum atomic E-state index is 6.97. The van der Waals surface area contributed by atoms with E-state index in [1.165, 1.54) is 35.4 Å². The lowest BCUT2D eigenvalue weighted by Gasteiger charge is -2.33. The van der Waals surface area contributed by atoms with Gasteiger partial charge in [-0.05, 0) is 92.4 Å². The van der Waals surface area contributed by atoms with Gasteiger partial charge in [-0.25, -0.2) is 0 Å². The number of hydrogen-bond donors (Lipinski definition) is 1. The summed E-state index contributed by atoms with van der Waals surface area (Å²) in [6, 6.07) is 25.3. The largest absolute Gasteiger partial charge is 0.370 e. The fourth-order valence-electron chi connectivity index (χ4n) is 6.24. The molecule has 0 aliphatic carbocycles. The van der Waals surface area contributed by atoms with Gasteiger partial charge in [-0.2, -0.15) is 0 Å². The average Bonchev–Trinajstić information content (AvgIpc) is 3.45. The highest BCUT2D eigenvalue weighted by Gasteiger charge is 2.42. The van der Waals surface area contributed by atoms with Gasteiger partial charge in [0.25, 0.3) is 0 Å². The van der Waals surface area contributed by atoms with Crippen LogP contribution in [0, 0.1) is 19.8 Å². The molecule has 0 saturated carbocycles. The lowest BCUT2D eigenvalue weighted by molar-refractivity contribution is 0.438. The van der Waals surface area contributed by atoms with E-state index >= 15 is 0 Å². The van der Waals surface area contributed by atoms with Crippen molar-refractivity contribution >= 4 is 40.3 Å². The number of aromatic nitrogens is 2. The summed E-state index contributed by atoms with van der Waals surface area (Å²) in [5.74, 6) is 0.771. The summed E-state index contributed by atoms with van der Waals surface area (Å²) in [5, 5.41) is 5.06. The van der Waals surface area contributed by atoms with E-state index in [9.17, 15) is 0 Å². The lowest BCUT2D eigenvalue weighted by atomic mass is 9.96. The molecule has 0 amide bonds. The van der Waals surface area contributed by atoms with Crippen molar-refractivity contribution < 1.29 is 0 Å². The average molecular weight is 570 g/mol. The molecule has 5 nitrogen and oxygen atoms in total. The van der Waals surface area contributed by atoms with Crippen molar-refractivity contribution in [2.24, 2.45) is 5.92 Å². The Balaban J connectivity index is 1.40. The number of anilines is 2. The molecule has 2 saturated heterocycles. The minimum atomic E-state index is -0.0959. The van der Waals surface area contributed by atoms with Crippen molar-refractivity contribution in [2.75, 3.05) is 22.9 Å². The Bertz CT molecular complexity index is 1490. The van der Waals surface area contributed by atoms with Crippen molar-refractivity contribution in [2.45, 2.75) is 52.2 Å². The summed E-state index contributed by atoms with van der Waals surface area (Å²) < 4.78 is 2.40. The molecular weight excluding hydrogens is 534 g/mol. The maximum absolute atomic E-state index is 6.97. The second-order valence-corrected chi connectivity index (χ2v) is 12.0. The van der Waals surface area contributed by atoms with E-state index in [-0.39, 0.29) is 12.1 Å². The molecule has 2 atom stereocenters. The van der Waals surface area contributed by atoms with E-state index in [0.717, 1.165) is 47.6 Å². The predicted octanol–water partition coefficient (Wildman–Crippen LogP) is 7.62. The first-order valence-electron chi connectivity index (χ1n) is 14.2. The zero-order chi connectivity index (χ0) is 27.8. The third kappa shape index (κ3) is 5.11. The summed E-state index contributed by atoms with van der Waals surface area (Å²) >= 11 is 13.0. The van der Waals surface area contributed by atoms with E-state index < -0.39 is 0 Å². The van der Waals surface area contributed by atoms with Gasteiger partial charge in [-0.15, -0.1) is 0 Å². The summed E-state index contributed by atoms with van der Waals surface area (Å²) in [6.07, 6.45) is 4.25. The van der Waals surface area contributed by atoms with Gasteiger partial charge in [0, 0.05) is 42.9 Å². The number of nitrogens with one attached hydrogen (secondary N) is 1. The zero-order valence-corrected chi connectivity index (χ0v) is 24.9. The fourth-order valence-corrected chi connectivity index (χ4v) is 6.88. The SMILES string of the molecule is Cc1cc([C@H]2[C@H](c3ccccn3)NC(=S)N2c2ccc(N3CCC(C)CC3)c(Cl)c2)c(C)n1Cc1ccccc1. The molecule has 0 spiro atoms. The van der Waals surface area contributed by atoms with Crippen LogP contribution in [0.4, 0.5) is 11.4 Å². The van der Waals surface area contributed by atoms with Gasteiger partial charge in [0.15, 0.2) is 5.11 Å². The highest BCUT2D eigenvalue weighted by atomic mass is 35.5. The number of hydrogen-bond acceptors (Lipinski definition) is 3. The van der Waals surface area contributed by atoms with Gasteiger partial charge in [-0.3, -0.25) is 4.98 Å². The summed E-state index contributed by atoms with van der Waals surface area (Å²) in [7, 11) is 0. The molecule has 1 N–H and O–H groups in total. The third-order valence-electron chi connectivity index (χ3n) is 8.55. The summed E-state index contributed by atoms with van der Waals surface area (Å²) in [5.41, 5.74) is 8.04. The highest BCUT2D eigenvalue weighted by molar-refractivity contribution is 7.80. The molecule has 4 aromatic rings. The normalized spacial score (nSPS) is 19.8. The van der Waals surface area contributed by atoms with Crippen molar-refractivity contribution in [1.82, 2.24) is 14.9 Å². The number of rotatable bonds is 6. The van der Waals surface area contributed by atoms with Crippen LogP contribution in [0.1, 0.15) is 60.1 Å². The van der Waals surface area contributed by atoms with E-state index in [2.05, 4.69) is 101 Å². The Morgan fingerprint density at radius 2 is 1.73 bits per heavy atom. The van der Waals surface area contributed by atoms with Gasteiger partial charge in [-0.1, -0.05) is 54.9 Å². The number of aryl methyl sites for hydroxylation is 1. The zero-order valence-electron chi connectivity index (χ0n) is 23.3. The standard InChI is InChI=1S/C33H36ClN5S/c1-22-14-17-37(18-15-22)30-13-12-26(20-28(30)34)39-32(31(36-33(39)40)29-11-7-8-16-35-29)27-19-23(2)38(24(27)3)21-25-9-5-4-6-10-25/h4-13,16,19-20,22,31-32H,14-15,17-18,21H2,1-3H3,(H,36,40)/t31-,32-/m0/s1. The molecule has 2 fully saturated rings. The molecule has 2 aliphatic rings. The number of piperidine rings is 1. The minimum absolute atomic E-state index is 0.0733. The molecular formula is C33H36ClN5S. The fraction of sp³-hybridized carbons (Fsp3) is 0.333. The molecule has 2 aliphatic heterocycles. The van der Waals surface area contributed by atoms with Gasteiger partial charge in [0.1, 0.15) is 0 Å². The van der Waals surface area contributed by atoms with Gasteiger partial charge < -0.3 is 19.7 Å². The monoisotopic (exact) mass is 569 g/mol. The maximum Gasteiger partial charge on any atom is 0.174 e. The molecule has 40 heavy (non-hydrogen) atoms. The van der Waals surface area contributed by atoms with Crippen molar-refractivity contribution in [3.05, 3.63) is 112 Å². The van der Waals surface area contributed by atoms with E-state index in [4.69, 9.17) is 28.8 Å². The first-order chi connectivity index (χ1) is 19.4. The number of halogens is 1. The van der Waals surface area contributed by atoms with Crippen LogP contribution < -0.4 is 15.1 Å². The first-order valence-corrected chi connectivity index (χ1v) is 14.9. The molecule has 0 radical (unpaired) electrons. The van der Waals surface area contributed by atoms with E-state index in [1.54, 1.807) is 0 Å². The molecule has 0 bridgehead atoms. The van der Waals surface area contributed by atoms with Crippen LogP contribution in [-0.2, 0) is 6.54 Å². The Labute approximate surface area is 247 Å². The topological polar surface area (TPSA) is 36.3 Å². The van der Waals surface area contributed by atoms with Crippen LogP contribution in [0.25, 0.3) is 0 Å². The third-order valence-corrected chi connectivity index (χ3v) is 9.16. The van der Waals surface area contributed by atoms with E-state index in [1.807, 2.05) is 18.3 Å². The number of benzene rings is 2. The van der Waals surface area contributed by atoms with Crippen LogP contribution in [0.3, 0.4) is 0 Å². The predicted molar refractivity (Wildman–Crippen MR) is 169 cm³/mol. The Morgan fingerprint density at radius 3 is 2.42 bits per heavy atom. The van der Waals surface area contributed by atoms with Crippen molar-refractivity contribution in [3.63, 3.8) is 0 Å². The molecule has 4 heterocycles. The Kier molecular flexibility index (Phi) is 7.56. The van der Waals surface area contributed by atoms with Crippen molar-refractivity contribution in [3.8, 4) is 0 Å². The number of nitrogens with zero attached hydrogens (tertiary/aromatic N) is 4. The first kappa shape index (κ1) is 26.9. The second kappa shape index (κ2) is 11.3. The second-order valence-electron chi connectivity index (χ2n) is 11.2. The molecule has 7 heteroatoms. The summed E-state index contributed by atoms with van der Waals surface area (Å²) in [6.45, 7) is 9.65. The van der Waals surface area contributed by atoms with Gasteiger partial charge >= 0.3 is 0 Å². The quantitative estimate of drug-likeness (QED) is 0.242. The molecule has 0 unspecified atom stereocenters. The van der Waals surface area contributed by atoms with Crippen LogP contribution >= 0.6 is 23.8 Å². The Hall–Kier alpha value is -3.35. The molecule has 206 valence electrons. The minimum Gasteiger partial charge on any atom is -0.370 e. The highest BCUT2D eigenvalue weighted by Crippen LogP contribution is 2.45. The molecule has 2 aromatic heterocycles. The molecule has 2 aromatic carbocycles. The number of thiocarbonyl (C=S) groups is 1. The van der Waals surface area contributed by atoms with E-state index in [0.29, 0.717) is 5.11 Å². The lowest BCUT2D eigenvalue weighted by Crippen LogP contribution is -2.33. The van der Waals surface area contributed by atoms with Crippen molar-refractivity contribution in [1.29, 1.82) is 0 Å². The smallest absolute Gasteiger partial charge is 0.174 e. The van der Waals surface area contributed by atoms with Gasteiger partial charge in [0.05, 0.1) is 28.5 Å². The molecule has 6 rings (SSSR count). The number of pyridine rings is 1. The van der Waals surface area contributed by atoms with Crippen LogP contribution in [0.15, 0.2) is 79.0 Å². The van der Waals surface area contributed by atoms with Crippen LogP contribution in [-0.4, -0.2) is 27.8 Å². The Morgan fingerprint density at radius 1 is 0.975 bits per heavy atom.